The van der Waals surface area contributed by atoms with Crippen LogP contribution in [0.1, 0.15) is 15.9 Å². The maximum atomic E-state index is 13.2. The zero-order valence-corrected chi connectivity index (χ0v) is 14.3. The normalized spacial score (nSPS) is 11.5. The largest absolute Gasteiger partial charge is 0.463 e. The Bertz CT molecular complexity index is 1150. The number of pyridine rings is 1. The van der Waals surface area contributed by atoms with E-state index >= 15 is 0 Å². The number of furan rings is 1. The standard InChI is InChI=1S/C21H13F3N2O2/c22-21(23,24)15-7-2-4-9-17(15)26-20(27)14-12-18(19-10-5-11-28-19)25-16-8-3-1-6-13(14)16/h1-12H,(H,26,27). The van der Waals surface area contributed by atoms with Gasteiger partial charge in [-0.25, -0.2) is 4.98 Å². The number of carbonyl (C=O) groups is 1. The molecule has 4 aromatic rings. The van der Waals surface area contributed by atoms with E-state index in [0.29, 0.717) is 22.4 Å². The molecule has 4 nitrogen and oxygen atoms in total. The van der Waals surface area contributed by atoms with E-state index in [2.05, 4.69) is 10.3 Å². The Morgan fingerprint density at radius 3 is 2.46 bits per heavy atom. The number of nitrogens with zero attached hydrogens (tertiary/aromatic N) is 1. The van der Waals surface area contributed by atoms with Crippen LogP contribution in [0.15, 0.2) is 77.4 Å². The van der Waals surface area contributed by atoms with Crippen molar-refractivity contribution in [3.05, 3.63) is 84.1 Å². The second-order valence-electron chi connectivity index (χ2n) is 6.05. The van der Waals surface area contributed by atoms with Crippen LogP contribution >= 0.6 is 0 Å². The number of aromatic nitrogens is 1. The second-order valence-corrected chi connectivity index (χ2v) is 6.05. The van der Waals surface area contributed by atoms with Gasteiger partial charge < -0.3 is 9.73 Å². The number of anilines is 1. The van der Waals surface area contributed by atoms with E-state index in [-0.39, 0.29) is 11.3 Å². The van der Waals surface area contributed by atoms with Crippen LogP contribution in [-0.2, 0) is 6.18 Å². The summed E-state index contributed by atoms with van der Waals surface area (Å²) in [6, 6.07) is 16.7. The number of fused-ring (bicyclic) bond motifs is 1. The van der Waals surface area contributed by atoms with Crippen molar-refractivity contribution >= 4 is 22.5 Å². The molecule has 1 N–H and O–H groups in total. The molecule has 7 heteroatoms. The summed E-state index contributed by atoms with van der Waals surface area (Å²) in [4.78, 5) is 17.4. The Hall–Kier alpha value is -3.61. The molecule has 0 bridgehead atoms. The average molecular weight is 382 g/mol. The number of carbonyl (C=O) groups excluding carboxylic acids is 1. The molecule has 0 unspecified atom stereocenters. The summed E-state index contributed by atoms with van der Waals surface area (Å²) in [5, 5.41) is 2.91. The van der Waals surface area contributed by atoms with Crippen LogP contribution in [0.3, 0.4) is 0 Å². The number of alkyl halides is 3. The van der Waals surface area contributed by atoms with E-state index in [0.717, 1.165) is 6.07 Å². The molecule has 2 heterocycles. The van der Waals surface area contributed by atoms with Gasteiger partial charge in [-0.1, -0.05) is 30.3 Å². The lowest BCUT2D eigenvalue weighted by Gasteiger charge is -2.14. The van der Waals surface area contributed by atoms with Crippen LogP contribution < -0.4 is 5.32 Å². The van der Waals surface area contributed by atoms with E-state index in [4.69, 9.17) is 4.42 Å². The Balaban J connectivity index is 1.80. The molecule has 0 aliphatic carbocycles. The minimum absolute atomic E-state index is 0.203. The van der Waals surface area contributed by atoms with Gasteiger partial charge >= 0.3 is 6.18 Å². The number of para-hydroxylation sites is 2. The number of hydrogen-bond donors (Lipinski definition) is 1. The maximum absolute atomic E-state index is 13.2. The minimum atomic E-state index is -4.58. The van der Waals surface area contributed by atoms with Crippen LogP contribution in [-0.4, -0.2) is 10.9 Å². The highest BCUT2D eigenvalue weighted by atomic mass is 19.4. The van der Waals surface area contributed by atoms with Crippen molar-refractivity contribution in [2.24, 2.45) is 0 Å². The maximum Gasteiger partial charge on any atom is 0.418 e. The predicted octanol–water partition coefficient (Wildman–Crippen LogP) is 5.77. The molecule has 1 amide bonds. The summed E-state index contributed by atoms with van der Waals surface area (Å²) >= 11 is 0. The van der Waals surface area contributed by atoms with Crippen molar-refractivity contribution in [3.63, 3.8) is 0 Å². The second kappa shape index (κ2) is 6.84. The topological polar surface area (TPSA) is 55.1 Å². The van der Waals surface area contributed by atoms with Crippen LogP contribution in [0.2, 0.25) is 0 Å². The Labute approximate surface area is 157 Å². The van der Waals surface area contributed by atoms with Crippen molar-refractivity contribution in [2.75, 3.05) is 5.32 Å². The summed E-state index contributed by atoms with van der Waals surface area (Å²) in [7, 11) is 0. The van der Waals surface area contributed by atoms with Gasteiger partial charge in [0.15, 0.2) is 5.76 Å². The molecule has 0 radical (unpaired) electrons. The third-order valence-electron chi connectivity index (χ3n) is 4.22. The molecule has 140 valence electrons. The molecule has 0 fully saturated rings. The first-order valence-electron chi connectivity index (χ1n) is 8.35. The van der Waals surface area contributed by atoms with Crippen molar-refractivity contribution in [2.45, 2.75) is 6.18 Å². The zero-order chi connectivity index (χ0) is 19.7. The van der Waals surface area contributed by atoms with Gasteiger partial charge in [0.25, 0.3) is 5.91 Å². The summed E-state index contributed by atoms with van der Waals surface area (Å²) in [6.07, 6.45) is -3.10. The van der Waals surface area contributed by atoms with Gasteiger partial charge in [-0.15, -0.1) is 0 Å². The highest BCUT2D eigenvalue weighted by Gasteiger charge is 2.33. The average Bonchev–Trinajstić information content (AvgIpc) is 3.21. The molecule has 0 saturated carbocycles. The summed E-state index contributed by atoms with van der Waals surface area (Å²) < 4.78 is 45.0. The van der Waals surface area contributed by atoms with E-state index in [1.165, 1.54) is 30.5 Å². The first-order chi connectivity index (χ1) is 13.4. The molecular weight excluding hydrogens is 369 g/mol. The number of benzene rings is 2. The third-order valence-corrected chi connectivity index (χ3v) is 4.22. The molecule has 4 rings (SSSR count). The van der Waals surface area contributed by atoms with Gasteiger partial charge in [-0.3, -0.25) is 4.79 Å². The number of rotatable bonds is 3. The van der Waals surface area contributed by atoms with E-state index in [9.17, 15) is 18.0 Å². The predicted molar refractivity (Wildman–Crippen MR) is 98.8 cm³/mol. The molecule has 0 aliphatic rings. The Kier molecular flexibility index (Phi) is 4.35. The molecule has 2 aromatic carbocycles. The minimum Gasteiger partial charge on any atom is -0.463 e. The zero-order valence-electron chi connectivity index (χ0n) is 14.3. The van der Waals surface area contributed by atoms with Crippen LogP contribution in [0.25, 0.3) is 22.4 Å². The van der Waals surface area contributed by atoms with Gasteiger partial charge in [0.2, 0.25) is 0 Å². The summed E-state index contributed by atoms with van der Waals surface area (Å²) in [5.74, 6) is -0.210. The fraction of sp³-hybridized carbons (Fsp3) is 0.0476. The molecule has 0 atom stereocenters. The lowest BCUT2D eigenvalue weighted by Crippen LogP contribution is -2.17. The highest BCUT2D eigenvalue weighted by Crippen LogP contribution is 2.35. The number of halogens is 3. The van der Waals surface area contributed by atoms with Gasteiger partial charge in [-0.2, -0.15) is 13.2 Å². The van der Waals surface area contributed by atoms with Crippen LogP contribution in [0.5, 0.6) is 0 Å². The molecule has 0 spiro atoms. The molecule has 0 saturated heterocycles. The lowest BCUT2D eigenvalue weighted by atomic mass is 10.1. The number of nitrogens with one attached hydrogen (secondary N) is 1. The number of amides is 1. The quantitative estimate of drug-likeness (QED) is 0.490. The first-order valence-corrected chi connectivity index (χ1v) is 8.35. The van der Waals surface area contributed by atoms with E-state index in [1.807, 2.05) is 0 Å². The lowest BCUT2D eigenvalue weighted by molar-refractivity contribution is -0.136. The number of hydrogen-bond acceptors (Lipinski definition) is 3. The van der Waals surface area contributed by atoms with Crippen LogP contribution in [0, 0.1) is 0 Å². The third kappa shape index (κ3) is 3.34. The highest BCUT2D eigenvalue weighted by molar-refractivity contribution is 6.13. The van der Waals surface area contributed by atoms with Crippen molar-refractivity contribution in [1.29, 1.82) is 0 Å². The fourth-order valence-electron chi connectivity index (χ4n) is 2.94. The van der Waals surface area contributed by atoms with Crippen LogP contribution in [0.4, 0.5) is 18.9 Å². The summed E-state index contributed by atoms with van der Waals surface area (Å²) in [5.41, 5.74) is -0.0639. The van der Waals surface area contributed by atoms with Crippen molar-refractivity contribution < 1.29 is 22.4 Å². The molecular formula is C21H13F3N2O2. The smallest absolute Gasteiger partial charge is 0.418 e. The fourth-order valence-corrected chi connectivity index (χ4v) is 2.94. The Morgan fingerprint density at radius 2 is 1.71 bits per heavy atom. The van der Waals surface area contributed by atoms with Crippen molar-refractivity contribution in [3.8, 4) is 11.5 Å². The van der Waals surface area contributed by atoms with Gasteiger partial charge in [-0.05, 0) is 36.4 Å². The monoisotopic (exact) mass is 382 g/mol. The van der Waals surface area contributed by atoms with E-state index < -0.39 is 17.6 Å². The van der Waals surface area contributed by atoms with Crippen molar-refractivity contribution in [1.82, 2.24) is 4.98 Å². The molecule has 0 aliphatic heterocycles. The summed E-state index contributed by atoms with van der Waals surface area (Å²) in [6.45, 7) is 0. The van der Waals surface area contributed by atoms with Gasteiger partial charge in [0.05, 0.1) is 28.6 Å². The SMILES string of the molecule is O=C(Nc1ccccc1C(F)(F)F)c1cc(-c2ccco2)nc2ccccc12. The van der Waals surface area contributed by atoms with Gasteiger partial charge in [0, 0.05) is 5.39 Å². The molecule has 2 aromatic heterocycles. The van der Waals surface area contributed by atoms with Gasteiger partial charge in [0.1, 0.15) is 5.69 Å². The first kappa shape index (κ1) is 17.8. The molecule has 28 heavy (non-hydrogen) atoms. The van der Waals surface area contributed by atoms with E-state index in [1.54, 1.807) is 36.4 Å². The Morgan fingerprint density at radius 1 is 0.964 bits per heavy atom.